The lowest BCUT2D eigenvalue weighted by Gasteiger charge is -2.27. The Hall–Kier alpha value is -4.35. The lowest BCUT2D eigenvalue weighted by Crippen LogP contribution is -2.29. The number of benzene rings is 4. The summed E-state index contributed by atoms with van der Waals surface area (Å²) in [6.45, 7) is 2.60. The summed E-state index contributed by atoms with van der Waals surface area (Å²) >= 11 is 3.25. The van der Waals surface area contributed by atoms with E-state index in [0.29, 0.717) is 11.3 Å². The molecule has 44 heavy (non-hydrogen) atoms. The van der Waals surface area contributed by atoms with Gasteiger partial charge in [-0.25, -0.2) is 13.4 Å². The molecule has 3 heterocycles. The van der Waals surface area contributed by atoms with Crippen LogP contribution in [0.15, 0.2) is 114 Å². The van der Waals surface area contributed by atoms with E-state index < -0.39 is 10.0 Å². The summed E-state index contributed by atoms with van der Waals surface area (Å²) in [7, 11) is -3.73. The van der Waals surface area contributed by atoms with E-state index in [9.17, 15) is 13.2 Å². The molecule has 0 aliphatic carbocycles. The molecule has 7 nitrogen and oxygen atoms in total. The zero-order valence-corrected chi connectivity index (χ0v) is 26.0. The Morgan fingerprint density at radius 2 is 1.55 bits per heavy atom. The van der Waals surface area contributed by atoms with Crippen LogP contribution in [-0.4, -0.2) is 30.8 Å². The average Bonchev–Trinajstić information content (AvgIpc) is 3.62. The van der Waals surface area contributed by atoms with Crippen molar-refractivity contribution in [2.24, 2.45) is 0 Å². The molecule has 0 atom stereocenters. The van der Waals surface area contributed by atoms with E-state index in [4.69, 9.17) is 4.98 Å². The van der Waals surface area contributed by atoms with Gasteiger partial charge in [0.1, 0.15) is 10.0 Å². The highest BCUT2D eigenvalue weighted by Gasteiger charge is 2.28. The number of rotatable bonds is 8. The zero-order chi connectivity index (χ0) is 30.1. The minimum absolute atomic E-state index is 0.174. The summed E-state index contributed by atoms with van der Waals surface area (Å²) in [4.78, 5) is 22.3. The first-order chi connectivity index (χ1) is 21.4. The van der Waals surface area contributed by atoms with Crippen molar-refractivity contribution in [2.75, 3.05) is 16.6 Å². The first-order valence-electron chi connectivity index (χ1n) is 14.2. The molecule has 0 radical (unpaired) electrons. The van der Waals surface area contributed by atoms with Crippen LogP contribution in [0.4, 0.5) is 10.7 Å². The first-order valence-corrected chi connectivity index (χ1v) is 17.3. The third-order valence-corrected chi connectivity index (χ3v) is 11.2. The number of anilines is 2. The number of thiazole rings is 1. The molecule has 0 bridgehead atoms. The first kappa shape index (κ1) is 28.4. The van der Waals surface area contributed by atoms with E-state index in [0.717, 1.165) is 51.8 Å². The highest BCUT2D eigenvalue weighted by molar-refractivity contribution is 7.92. The van der Waals surface area contributed by atoms with Gasteiger partial charge in [0.25, 0.3) is 15.9 Å². The van der Waals surface area contributed by atoms with Gasteiger partial charge < -0.3 is 5.32 Å². The molecular formula is C34H28N4O3S3. The molecule has 1 amide bonds. The second-order valence-corrected chi connectivity index (χ2v) is 14.4. The standard InChI is InChI=1S/C34H28N4O3S3/c39-32(24-15-17-25(18-16-24)37-44(40,41)26-11-5-2-6-12-26)36-34-31(33-35-28-13-7-8-14-29(28)42-33)27-19-20-38(22-30(27)43-34)21-23-9-3-1-4-10-23/h1-18,37H,19-22H2,(H,36,39). The second-order valence-electron chi connectivity index (χ2n) is 10.6. The van der Waals surface area contributed by atoms with Crippen molar-refractivity contribution in [3.63, 3.8) is 0 Å². The highest BCUT2D eigenvalue weighted by Crippen LogP contribution is 2.46. The van der Waals surface area contributed by atoms with Gasteiger partial charge in [0.05, 0.1) is 15.1 Å². The Morgan fingerprint density at radius 3 is 2.30 bits per heavy atom. The van der Waals surface area contributed by atoms with Crippen LogP contribution in [0.3, 0.4) is 0 Å². The van der Waals surface area contributed by atoms with Crippen LogP contribution >= 0.6 is 22.7 Å². The van der Waals surface area contributed by atoms with Crippen LogP contribution < -0.4 is 10.0 Å². The third kappa shape index (κ3) is 5.89. The molecule has 0 spiro atoms. The van der Waals surface area contributed by atoms with Gasteiger partial charge in [-0.1, -0.05) is 60.7 Å². The summed E-state index contributed by atoms with van der Waals surface area (Å²) in [5, 5.41) is 4.86. The van der Waals surface area contributed by atoms with Gasteiger partial charge in [-0.05, 0) is 66.1 Å². The van der Waals surface area contributed by atoms with Crippen LogP contribution in [0.5, 0.6) is 0 Å². The Bertz CT molecular complexity index is 2020. The Labute approximate surface area is 263 Å². The van der Waals surface area contributed by atoms with Gasteiger partial charge in [0.2, 0.25) is 0 Å². The number of fused-ring (bicyclic) bond motifs is 2. The minimum Gasteiger partial charge on any atom is -0.313 e. The molecular weight excluding hydrogens is 609 g/mol. The fourth-order valence-electron chi connectivity index (χ4n) is 5.41. The van der Waals surface area contributed by atoms with E-state index in [1.807, 2.05) is 24.3 Å². The fourth-order valence-corrected chi connectivity index (χ4v) is 8.88. The predicted molar refractivity (Wildman–Crippen MR) is 179 cm³/mol. The summed E-state index contributed by atoms with van der Waals surface area (Å²) in [5.74, 6) is -0.260. The fraction of sp³-hybridized carbons (Fsp3) is 0.118. The van der Waals surface area contributed by atoms with Gasteiger partial charge >= 0.3 is 0 Å². The van der Waals surface area contributed by atoms with Gasteiger partial charge in [-0.3, -0.25) is 14.4 Å². The number of thiophene rings is 1. The van der Waals surface area contributed by atoms with Crippen molar-refractivity contribution in [2.45, 2.75) is 24.4 Å². The Balaban J connectivity index is 1.16. The maximum Gasteiger partial charge on any atom is 0.261 e. The molecule has 0 fully saturated rings. The van der Waals surface area contributed by atoms with Gasteiger partial charge in [0.15, 0.2) is 0 Å². The molecule has 1 aliphatic rings. The second kappa shape index (κ2) is 12.0. The molecule has 0 unspecified atom stereocenters. The van der Waals surface area contributed by atoms with Crippen molar-refractivity contribution in [3.8, 4) is 10.6 Å². The number of aromatic nitrogens is 1. The van der Waals surface area contributed by atoms with E-state index in [1.54, 1.807) is 65.1 Å². The summed E-state index contributed by atoms with van der Waals surface area (Å²) < 4.78 is 29.1. The van der Waals surface area contributed by atoms with Crippen LogP contribution in [0.2, 0.25) is 0 Å². The van der Waals surface area contributed by atoms with E-state index in [2.05, 4.69) is 45.3 Å². The average molecular weight is 637 g/mol. The molecule has 6 aromatic rings. The van der Waals surface area contributed by atoms with E-state index in [1.165, 1.54) is 28.1 Å². The number of para-hydroxylation sites is 1. The highest BCUT2D eigenvalue weighted by atomic mass is 32.2. The summed E-state index contributed by atoms with van der Waals surface area (Å²) in [6, 6.07) is 33.2. The molecule has 2 N–H and O–H groups in total. The van der Waals surface area contributed by atoms with Gasteiger partial charge in [0, 0.05) is 41.3 Å². The molecule has 0 saturated heterocycles. The Morgan fingerprint density at radius 1 is 0.841 bits per heavy atom. The van der Waals surface area contributed by atoms with E-state index >= 15 is 0 Å². The number of amides is 1. The summed E-state index contributed by atoms with van der Waals surface area (Å²) in [6.07, 6.45) is 0.871. The topological polar surface area (TPSA) is 91.4 Å². The van der Waals surface area contributed by atoms with Crippen LogP contribution in [-0.2, 0) is 29.5 Å². The van der Waals surface area contributed by atoms with Crippen molar-refractivity contribution in [3.05, 3.63) is 131 Å². The van der Waals surface area contributed by atoms with Crippen LogP contribution in [0, 0.1) is 0 Å². The molecule has 1 aliphatic heterocycles. The van der Waals surface area contributed by atoms with Crippen molar-refractivity contribution in [1.82, 2.24) is 9.88 Å². The number of nitrogens with one attached hydrogen (secondary N) is 2. The number of hydrogen-bond acceptors (Lipinski definition) is 7. The van der Waals surface area contributed by atoms with Crippen molar-refractivity contribution in [1.29, 1.82) is 0 Å². The molecule has 10 heteroatoms. The van der Waals surface area contributed by atoms with Crippen molar-refractivity contribution >= 4 is 59.5 Å². The zero-order valence-electron chi connectivity index (χ0n) is 23.6. The smallest absolute Gasteiger partial charge is 0.261 e. The van der Waals surface area contributed by atoms with E-state index in [-0.39, 0.29) is 10.8 Å². The number of hydrogen-bond donors (Lipinski definition) is 2. The maximum absolute atomic E-state index is 13.5. The predicted octanol–water partition coefficient (Wildman–Crippen LogP) is 7.64. The summed E-state index contributed by atoms with van der Waals surface area (Å²) in [5.41, 5.74) is 5.29. The van der Waals surface area contributed by atoms with Crippen LogP contribution in [0.25, 0.3) is 20.8 Å². The maximum atomic E-state index is 13.5. The van der Waals surface area contributed by atoms with Crippen molar-refractivity contribution < 1.29 is 13.2 Å². The quantitative estimate of drug-likeness (QED) is 0.179. The number of carbonyl (C=O) groups is 1. The third-order valence-electron chi connectivity index (χ3n) is 7.57. The lowest BCUT2D eigenvalue weighted by atomic mass is 10.0. The molecule has 4 aromatic carbocycles. The normalized spacial score (nSPS) is 13.5. The van der Waals surface area contributed by atoms with Gasteiger partial charge in [-0.2, -0.15) is 0 Å². The van der Waals surface area contributed by atoms with Crippen LogP contribution in [0.1, 0.15) is 26.4 Å². The SMILES string of the molecule is O=C(Nc1sc2c(c1-c1nc3ccccc3s1)CCN(Cc1ccccc1)C2)c1ccc(NS(=O)(=O)c2ccccc2)cc1. The monoisotopic (exact) mass is 636 g/mol. The molecule has 220 valence electrons. The molecule has 7 rings (SSSR count). The number of sulfonamides is 1. The lowest BCUT2D eigenvalue weighted by molar-refractivity contribution is 0.102. The number of carbonyl (C=O) groups excluding carboxylic acids is 1. The minimum atomic E-state index is -3.73. The Kier molecular flexibility index (Phi) is 7.73. The molecule has 2 aromatic heterocycles. The number of nitrogens with zero attached hydrogens (tertiary/aromatic N) is 2. The largest absolute Gasteiger partial charge is 0.313 e. The van der Waals surface area contributed by atoms with Gasteiger partial charge in [-0.15, -0.1) is 22.7 Å². The molecule has 0 saturated carbocycles.